The van der Waals surface area contributed by atoms with Crippen molar-refractivity contribution in [1.29, 1.82) is 0 Å². The lowest BCUT2D eigenvalue weighted by atomic mass is 9.89. The highest BCUT2D eigenvalue weighted by Gasteiger charge is 2.14. The molecule has 0 radical (unpaired) electrons. The Hall–Kier alpha value is -0.350. The van der Waals surface area contributed by atoms with E-state index in [4.69, 9.17) is 0 Å². The summed E-state index contributed by atoms with van der Waals surface area (Å²) in [4.78, 5) is 0.303. The Balaban J connectivity index is 1.91. The molecular formula is C17H16BrI. The average molecular weight is 427 g/mol. The van der Waals surface area contributed by atoms with E-state index in [1.54, 1.807) is 11.1 Å². The summed E-state index contributed by atoms with van der Waals surface area (Å²) >= 11 is 6.19. The quantitative estimate of drug-likeness (QED) is 0.429. The second-order valence-corrected chi connectivity index (χ2v) is 7.31. The van der Waals surface area contributed by atoms with E-state index in [-0.39, 0.29) is 0 Å². The zero-order valence-electron chi connectivity index (χ0n) is 10.7. The van der Waals surface area contributed by atoms with E-state index in [1.165, 1.54) is 40.4 Å². The molecule has 1 aliphatic rings. The fourth-order valence-electron chi connectivity index (χ4n) is 2.74. The monoisotopic (exact) mass is 426 g/mol. The van der Waals surface area contributed by atoms with Crippen LogP contribution < -0.4 is 0 Å². The number of aryl methyl sites for hydroxylation is 2. The third kappa shape index (κ3) is 3.05. The lowest BCUT2D eigenvalue weighted by Gasteiger charge is -2.18. The molecule has 0 saturated carbocycles. The predicted molar refractivity (Wildman–Crippen MR) is 93.0 cm³/mol. The van der Waals surface area contributed by atoms with E-state index < -0.39 is 0 Å². The van der Waals surface area contributed by atoms with Crippen molar-refractivity contribution in [3.05, 3.63) is 68.3 Å². The van der Waals surface area contributed by atoms with Gasteiger partial charge in [-0.15, -0.1) is 0 Å². The maximum absolute atomic E-state index is 3.84. The van der Waals surface area contributed by atoms with Gasteiger partial charge in [0.1, 0.15) is 0 Å². The first kappa shape index (κ1) is 13.6. The van der Waals surface area contributed by atoms with Gasteiger partial charge in [-0.2, -0.15) is 0 Å². The average Bonchev–Trinajstić information content (AvgIpc) is 2.47. The fourth-order valence-corrected chi connectivity index (χ4v) is 3.68. The number of alkyl halides is 1. The summed E-state index contributed by atoms with van der Waals surface area (Å²) in [5, 5.41) is 0. The fraction of sp³-hybridized carbons (Fsp3) is 0.294. The molecule has 0 bridgehead atoms. The van der Waals surface area contributed by atoms with Crippen molar-refractivity contribution in [3.8, 4) is 0 Å². The molecule has 0 aromatic heterocycles. The zero-order chi connectivity index (χ0) is 13.2. The van der Waals surface area contributed by atoms with Gasteiger partial charge in [0, 0.05) is 3.57 Å². The Kier molecular flexibility index (Phi) is 4.27. The Morgan fingerprint density at radius 3 is 2.21 bits per heavy atom. The first-order valence-corrected chi connectivity index (χ1v) is 8.75. The van der Waals surface area contributed by atoms with Crippen LogP contribution in [0.25, 0.3) is 0 Å². The lowest BCUT2D eigenvalue weighted by molar-refractivity contribution is 0.684. The zero-order valence-corrected chi connectivity index (χ0v) is 14.4. The van der Waals surface area contributed by atoms with E-state index >= 15 is 0 Å². The third-order valence-electron chi connectivity index (χ3n) is 3.83. The second-order valence-electron chi connectivity index (χ2n) is 5.15. The number of halogens is 2. The number of benzene rings is 2. The van der Waals surface area contributed by atoms with Gasteiger partial charge in [-0.25, -0.2) is 0 Å². The summed E-state index contributed by atoms with van der Waals surface area (Å²) < 4.78 is 1.28. The van der Waals surface area contributed by atoms with Crippen LogP contribution in [0.15, 0.2) is 42.5 Å². The lowest BCUT2D eigenvalue weighted by Crippen LogP contribution is -2.04. The summed E-state index contributed by atoms with van der Waals surface area (Å²) in [5.41, 5.74) is 5.81. The van der Waals surface area contributed by atoms with Crippen LogP contribution in [0.1, 0.15) is 39.9 Å². The van der Waals surface area contributed by atoms with Crippen LogP contribution in [-0.4, -0.2) is 0 Å². The first-order valence-electron chi connectivity index (χ1n) is 6.75. The van der Waals surface area contributed by atoms with Crippen LogP contribution in [0.4, 0.5) is 0 Å². The van der Waals surface area contributed by atoms with E-state index in [0.717, 1.165) is 0 Å². The van der Waals surface area contributed by atoms with Crippen molar-refractivity contribution >= 4 is 38.5 Å². The van der Waals surface area contributed by atoms with E-state index in [1.807, 2.05) is 0 Å². The topological polar surface area (TPSA) is 0 Å². The number of hydrogen-bond acceptors (Lipinski definition) is 0. The van der Waals surface area contributed by atoms with Gasteiger partial charge in [0.25, 0.3) is 0 Å². The van der Waals surface area contributed by atoms with Crippen molar-refractivity contribution in [2.75, 3.05) is 0 Å². The van der Waals surface area contributed by atoms with Gasteiger partial charge in [-0.05, 0) is 82.7 Å². The van der Waals surface area contributed by atoms with Crippen LogP contribution in [0.5, 0.6) is 0 Å². The van der Waals surface area contributed by atoms with Crippen LogP contribution in [-0.2, 0) is 12.8 Å². The summed E-state index contributed by atoms with van der Waals surface area (Å²) in [6.45, 7) is 0. The Morgan fingerprint density at radius 2 is 1.47 bits per heavy atom. The summed E-state index contributed by atoms with van der Waals surface area (Å²) in [6, 6.07) is 15.8. The summed E-state index contributed by atoms with van der Waals surface area (Å²) in [6.07, 6.45) is 5.19. The summed E-state index contributed by atoms with van der Waals surface area (Å²) in [7, 11) is 0. The van der Waals surface area contributed by atoms with Crippen LogP contribution in [0.3, 0.4) is 0 Å². The molecule has 0 saturated heterocycles. The molecule has 2 heteroatoms. The van der Waals surface area contributed by atoms with Crippen molar-refractivity contribution in [2.45, 2.75) is 30.5 Å². The molecule has 0 fully saturated rings. The number of rotatable bonds is 2. The van der Waals surface area contributed by atoms with Gasteiger partial charge < -0.3 is 0 Å². The molecule has 0 nitrogen and oxygen atoms in total. The highest BCUT2D eigenvalue weighted by molar-refractivity contribution is 14.1. The molecular weight excluding hydrogens is 411 g/mol. The minimum atomic E-state index is 0.303. The van der Waals surface area contributed by atoms with E-state index in [9.17, 15) is 0 Å². The molecule has 0 spiro atoms. The Morgan fingerprint density at radius 1 is 0.842 bits per heavy atom. The highest BCUT2D eigenvalue weighted by atomic mass is 127. The maximum Gasteiger partial charge on any atom is 0.0644 e. The standard InChI is InChI=1S/C17H16BrI/c18-17(13-7-9-16(19)10-8-13)15-6-5-12-3-1-2-4-14(12)11-15/h5-11,17H,1-4H2. The molecule has 1 aliphatic carbocycles. The molecule has 0 aliphatic heterocycles. The molecule has 1 atom stereocenters. The first-order chi connectivity index (χ1) is 9.24. The van der Waals surface area contributed by atoms with Gasteiger partial charge in [-0.3, -0.25) is 0 Å². The van der Waals surface area contributed by atoms with Crippen molar-refractivity contribution in [1.82, 2.24) is 0 Å². The molecule has 0 heterocycles. The maximum atomic E-state index is 3.84. The smallest absolute Gasteiger partial charge is 0.0644 e. The molecule has 1 unspecified atom stereocenters. The molecule has 2 aromatic carbocycles. The van der Waals surface area contributed by atoms with Gasteiger partial charge in [-0.1, -0.05) is 46.3 Å². The molecule has 2 aromatic rings. The van der Waals surface area contributed by atoms with Gasteiger partial charge in [0.2, 0.25) is 0 Å². The van der Waals surface area contributed by atoms with E-state index in [0.29, 0.717) is 4.83 Å². The van der Waals surface area contributed by atoms with Crippen LogP contribution >= 0.6 is 38.5 Å². The molecule has 19 heavy (non-hydrogen) atoms. The molecule has 3 rings (SSSR count). The highest BCUT2D eigenvalue weighted by Crippen LogP contribution is 2.33. The van der Waals surface area contributed by atoms with Crippen molar-refractivity contribution in [2.24, 2.45) is 0 Å². The minimum Gasteiger partial charge on any atom is -0.0786 e. The van der Waals surface area contributed by atoms with Gasteiger partial charge in [0.05, 0.1) is 4.83 Å². The largest absolute Gasteiger partial charge is 0.0786 e. The molecule has 98 valence electrons. The second kappa shape index (κ2) is 5.96. The minimum absolute atomic E-state index is 0.303. The SMILES string of the molecule is BrC(c1ccc(I)cc1)c1ccc2c(c1)CCCC2. The van der Waals surface area contributed by atoms with Crippen LogP contribution in [0.2, 0.25) is 0 Å². The number of hydrogen-bond donors (Lipinski definition) is 0. The van der Waals surface area contributed by atoms with Crippen molar-refractivity contribution < 1.29 is 0 Å². The summed E-state index contributed by atoms with van der Waals surface area (Å²) in [5.74, 6) is 0. The normalized spacial score (nSPS) is 15.9. The Bertz CT molecular complexity index is 574. The molecule has 0 N–H and O–H groups in total. The predicted octanol–water partition coefficient (Wildman–Crippen LogP) is 5.65. The van der Waals surface area contributed by atoms with Crippen molar-refractivity contribution in [3.63, 3.8) is 0 Å². The third-order valence-corrected chi connectivity index (χ3v) is 5.60. The van der Waals surface area contributed by atoms with Gasteiger partial charge in [0.15, 0.2) is 0 Å². The number of fused-ring (bicyclic) bond motifs is 1. The Labute approximate surface area is 136 Å². The van der Waals surface area contributed by atoms with Crippen LogP contribution in [0, 0.1) is 3.57 Å². The van der Waals surface area contributed by atoms with E-state index in [2.05, 4.69) is 81.0 Å². The molecule has 0 amide bonds. The van der Waals surface area contributed by atoms with Gasteiger partial charge >= 0.3 is 0 Å².